The molecule has 1 heterocycles. The number of nitrogens with zero attached hydrogens (tertiary/aromatic N) is 1. The van der Waals surface area contributed by atoms with E-state index in [1.54, 1.807) is 13.8 Å². The highest BCUT2D eigenvalue weighted by Crippen LogP contribution is 2.26. The average molecular weight is 599 g/mol. The van der Waals surface area contributed by atoms with Crippen molar-refractivity contribution in [2.45, 2.75) is 79.1 Å². The van der Waals surface area contributed by atoms with Crippen molar-refractivity contribution in [1.82, 2.24) is 10.3 Å². The first kappa shape index (κ1) is 32.3. The van der Waals surface area contributed by atoms with E-state index in [0.29, 0.717) is 31.1 Å². The fraction of sp³-hybridized carbons (Fsp3) is 0.361. The molecule has 1 N–H and O–H groups in total. The Morgan fingerprint density at radius 1 is 0.886 bits per heavy atom. The summed E-state index contributed by atoms with van der Waals surface area (Å²) in [6, 6.07) is 24.1. The zero-order chi connectivity index (χ0) is 31.7. The van der Waals surface area contributed by atoms with E-state index in [2.05, 4.69) is 29.6 Å². The summed E-state index contributed by atoms with van der Waals surface area (Å²) in [5.41, 5.74) is 5.25. The summed E-state index contributed by atoms with van der Waals surface area (Å²) >= 11 is 0. The highest BCUT2D eigenvalue weighted by Gasteiger charge is 2.18. The van der Waals surface area contributed by atoms with Crippen molar-refractivity contribution in [2.24, 2.45) is 0 Å². The normalized spacial score (nSPS) is 11.3. The minimum atomic E-state index is -0.546. The predicted octanol–water partition coefficient (Wildman–Crippen LogP) is 7.85. The fourth-order valence-electron chi connectivity index (χ4n) is 4.64. The summed E-state index contributed by atoms with van der Waals surface area (Å²) in [5, 5.41) is 2.79. The number of amides is 1. The molecule has 0 atom stereocenters. The number of oxazole rings is 1. The molecule has 0 saturated heterocycles. The van der Waals surface area contributed by atoms with Crippen LogP contribution < -0.4 is 10.1 Å². The smallest absolute Gasteiger partial charge is 0.407 e. The zero-order valence-electron chi connectivity index (χ0n) is 26.4. The van der Waals surface area contributed by atoms with Crippen molar-refractivity contribution in [3.63, 3.8) is 0 Å². The molecule has 0 aliphatic rings. The summed E-state index contributed by atoms with van der Waals surface area (Å²) in [4.78, 5) is 29.2. The minimum absolute atomic E-state index is 0.226. The van der Waals surface area contributed by atoms with Crippen LogP contribution in [0.4, 0.5) is 4.79 Å². The molecule has 8 heteroatoms. The average Bonchev–Trinajstić information content (AvgIpc) is 3.35. The van der Waals surface area contributed by atoms with Crippen LogP contribution in [0.5, 0.6) is 5.75 Å². The molecule has 4 rings (SSSR count). The Morgan fingerprint density at radius 2 is 1.57 bits per heavy atom. The first-order valence-corrected chi connectivity index (χ1v) is 15.0. The summed E-state index contributed by atoms with van der Waals surface area (Å²) in [6.07, 6.45) is 0.524. The second kappa shape index (κ2) is 14.7. The number of nitrogens with one attached hydrogen (secondary N) is 1. The number of alkyl carbamates (subject to hydrolysis) is 1. The van der Waals surface area contributed by atoms with Gasteiger partial charge in [0.05, 0.1) is 18.4 Å². The summed E-state index contributed by atoms with van der Waals surface area (Å²) in [6.45, 7) is 11.7. The van der Waals surface area contributed by atoms with Gasteiger partial charge >= 0.3 is 12.1 Å². The van der Waals surface area contributed by atoms with Crippen LogP contribution in [0.25, 0.3) is 22.6 Å². The Kier molecular flexibility index (Phi) is 10.8. The SMILES string of the molecule is Cc1oc(-c2ccc(-c3ccccc3)cc2)nc1CCOc1ccc(CCC(=O)OC(C)(C)C)c(CNC(=O)OC(C)C)c1. The molecule has 4 aromatic rings. The maximum Gasteiger partial charge on any atom is 0.407 e. The van der Waals surface area contributed by atoms with Crippen molar-refractivity contribution in [3.8, 4) is 28.3 Å². The van der Waals surface area contributed by atoms with Gasteiger partial charge in [-0.15, -0.1) is 0 Å². The summed E-state index contributed by atoms with van der Waals surface area (Å²) < 4.78 is 22.7. The topological polar surface area (TPSA) is 99.9 Å². The van der Waals surface area contributed by atoms with Crippen molar-refractivity contribution >= 4 is 12.1 Å². The van der Waals surface area contributed by atoms with Crippen LogP contribution in [0, 0.1) is 6.92 Å². The molecule has 0 saturated carbocycles. The number of hydrogen-bond donors (Lipinski definition) is 1. The second-order valence-electron chi connectivity index (χ2n) is 11.9. The highest BCUT2D eigenvalue weighted by atomic mass is 16.6. The fourth-order valence-corrected chi connectivity index (χ4v) is 4.64. The van der Waals surface area contributed by atoms with E-state index >= 15 is 0 Å². The number of benzene rings is 3. The Hall–Kier alpha value is -4.59. The molecule has 0 spiro atoms. The van der Waals surface area contributed by atoms with Gasteiger partial charge in [0, 0.05) is 24.9 Å². The quantitative estimate of drug-likeness (QED) is 0.166. The summed E-state index contributed by atoms with van der Waals surface area (Å²) in [7, 11) is 0. The van der Waals surface area contributed by atoms with Gasteiger partial charge in [-0.2, -0.15) is 0 Å². The lowest BCUT2D eigenvalue weighted by molar-refractivity contribution is -0.154. The first-order valence-electron chi connectivity index (χ1n) is 15.0. The molecule has 0 bridgehead atoms. The Balaban J connectivity index is 1.39. The molecule has 0 unspecified atom stereocenters. The van der Waals surface area contributed by atoms with Gasteiger partial charge in [0.25, 0.3) is 0 Å². The number of ether oxygens (including phenoxy) is 3. The number of aryl methyl sites for hydroxylation is 2. The first-order chi connectivity index (χ1) is 21.0. The number of rotatable bonds is 12. The number of esters is 1. The van der Waals surface area contributed by atoms with Gasteiger partial charge in [-0.1, -0.05) is 48.5 Å². The van der Waals surface area contributed by atoms with Gasteiger partial charge in [-0.3, -0.25) is 4.79 Å². The molecule has 8 nitrogen and oxygen atoms in total. The van der Waals surface area contributed by atoms with E-state index in [0.717, 1.165) is 39.3 Å². The third kappa shape index (κ3) is 9.73. The molecule has 0 aliphatic carbocycles. The monoisotopic (exact) mass is 598 g/mol. The van der Waals surface area contributed by atoms with Crippen molar-refractivity contribution in [1.29, 1.82) is 0 Å². The molecular weight excluding hydrogens is 556 g/mol. The molecule has 1 amide bonds. The molecule has 232 valence electrons. The van der Waals surface area contributed by atoms with E-state index < -0.39 is 11.7 Å². The number of carbonyl (C=O) groups is 2. The Morgan fingerprint density at radius 3 is 2.25 bits per heavy atom. The molecule has 0 radical (unpaired) electrons. The molecule has 1 aromatic heterocycles. The third-order valence-corrected chi connectivity index (χ3v) is 6.70. The standard InChI is InChI=1S/C36H42N2O6/c1-24(2)42-35(40)37-23-30-22-31(18-16-28(30)17-19-33(39)44-36(4,5)6)41-21-20-32-25(3)43-34(38-32)29-14-12-27(13-15-29)26-10-8-7-9-11-26/h7-16,18,22,24H,17,19-21,23H2,1-6H3,(H,37,40). The van der Waals surface area contributed by atoms with Crippen molar-refractivity contribution in [3.05, 3.63) is 95.4 Å². The van der Waals surface area contributed by atoms with E-state index in [4.69, 9.17) is 23.6 Å². The number of hydrogen-bond acceptors (Lipinski definition) is 7. The van der Waals surface area contributed by atoms with Crippen LogP contribution in [0.15, 0.2) is 77.2 Å². The van der Waals surface area contributed by atoms with Crippen molar-refractivity contribution in [2.75, 3.05) is 6.61 Å². The molecule has 44 heavy (non-hydrogen) atoms. The van der Waals surface area contributed by atoms with Crippen LogP contribution in [-0.2, 0) is 33.7 Å². The largest absolute Gasteiger partial charge is 0.493 e. The predicted molar refractivity (Wildman–Crippen MR) is 170 cm³/mol. The molecule has 0 aliphatic heterocycles. The van der Waals surface area contributed by atoms with Gasteiger partial charge in [0.1, 0.15) is 17.1 Å². The lowest BCUT2D eigenvalue weighted by Crippen LogP contribution is -2.27. The van der Waals surface area contributed by atoms with E-state index in [-0.39, 0.29) is 25.0 Å². The van der Waals surface area contributed by atoms with Crippen LogP contribution in [0.3, 0.4) is 0 Å². The van der Waals surface area contributed by atoms with E-state index in [1.165, 1.54) is 0 Å². The maximum atomic E-state index is 12.3. The van der Waals surface area contributed by atoms with Gasteiger partial charge in [-0.05, 0) is 94.5 Å². The van der Waals surface area contributed by atoms with Crippen LogP contribution in [-0.4, -0.2) is 35.4 Å². The zero-order valence-corrected chi connectivity index (χ0v) is 26.4. The maximum absolute atomic E-state index is 12.3. The van der Waals surface area contributed by atoms with Gasteiger partial charge in [0.2, 0.25) is 5.89 Å². The second-order valence-corrected chi connectivity index (χ2v) is 11.9. The van der Waals surface area contributed by atoms with Crippen LogP contribution >= 0.6 is 0 Å². The minimum Gasteiger partial charge on any atom is -0.493 e. The molecule has 0 fully saturated rings. The van der Waals surface area contributed by atoms with Gasteiger partial charge < -0.3 is 23.9 Å². The lowest BCUT2D eigenvalue weighted by Gasteiger charge is -2.20. The highest BCUT2D eigenvalue weighted by molar-refractivity contribution is 5.70. The van der Waals surface area contributed by atoms with Crippen LogP contribution in [0.2, 0.25) is 0 Å². The molecular formula is C36H42N2O6. The number of carbonyl (C=O) groups excluding carboxylic acids is 2. The third-order valence-electron chi connectivity index (χ3n) is 6.70. The Labute approximate surface area is 259 Å². The van der Waals surface area contributed by atoms with E-state index in [1.807, 2.05) is 76.2 Å². The van der Waals surface area contributed by atoms with Gasteiger partial charge in [-0.25, -0.2) is 9.78 Å². The van der Waals surface area contributed by atoms with E-state index in [9.17, 15) is 9.59 Å². The summed E-state index contributed by atoms with van der Waals surface area (Å²) in [5.74, 6) is 1.71. The molecule has 3 aromatic carbocycles. The lowest BCUT2D eigenvalue weighted by atomic mass is 10.0. The van der Waals surface area contributed by atoms with Crippen LogP contribution in [0.1, 0.15) is 63.6 Å². The Bertz CT molecular complexity index is 1540. The van der Waals surface area contributed by atoms with Crippen molar-refractivity contribution < 1.29 is 28.2 Å². The van der Waals surface area contributed by atoms with Gasteiger partial charge in [0.15, 0.2) is 0 Å². The number of aromatic nitrogens is 1.